The smallest absolute Gasteiger partial charge is 0.408 e. The van der Waals surface area contributed by atoms with Gasteiger partial charge in [-0.2, -0.15) is 0 Å². The second kappa shape index (κ2) is 14.2. The number of hydrogen-bond donors (Lipinski definition) is 2. The van der Waals surface area contributed by atoms with Gasteiger partial charge in [-0.3, -0.25) is 9.59 Å². The lowest BCUT2D eigenvalue weighted by atomic mass is 9.96. The molecule has 3 amide bonds. The molecule has 42 heavy (non-hydrogen) atoms. The molecule has 3 atom stereocenters. The first-order chi connectivity index (χ1) is 19.7. The number of benzene rings is 2. The molecular weight excluding hydrogens is 581 g/mol. The van der Waals surface area contributed by atoms with Crippen LogP contribution in [0.4, 0.5) is 4.79 Å². The Morgan fingerprint density at radius 3 is 2.31 bits per heavy atom. The van der Waals surface area contributed by atoms with Crippen LogP contribution in [0.3, 0.4) is 0 Å². The SMILES string of the molecule is CC[C@](C)(NC(=O)OC(C)(C)C)C(=O)NC(Cc1ccc(Cl)c(Cl)c1)C(=O)N1CCC[C@@H]1C(=O)OCc1ccccc1. The molecule has 0 bridgehead atoms. The second-order valence-electron chi connectivity index (χ2n) is 11.6. The van der Waals surface area contributed by atoms with Crippen LogP contribution in [0.25, 0.3) is 0 Å². The van der Waals surface area contributed by atoms with Crippen LogP contribution < -0.4 is 10.6 Å². The van der Waals surface area contributed by atoms with Gasteiger partial charge in [-0.15, -0.1) is 0 Å². The Morgan fingerprint density at radius 2 is 1.69 bits per heavy atom. The zero-order chi connectivity index (χ0) is 31.1. The third kappa shape index (κ3) is 9.10. The van der Waals surface area contributed by atoms with E-state index in [0.717, 1.165) is 5.56 Å². The quantitative estimate of drug-likeness (QED) is 0.342. The number of amides is 3. The van der Waals surface area contributed by atoms with Crippen LogP contribution in [0.5, 0.6) is 0 Å². The van der Waals surface area contributed by atoms with Crippen molar-refractivity contribution in [1.82, 2.24) is 15.5 Å². The molecule has 0 spiro atoms. The van der Waals surface area contributed by atoms with Crippen molar-refractivity contribution in [3.8, 4) is 0 Å². The van der Waals surface area contributed by atoms with Crippen LogP contribution >= 0.6 is 23.2 Å². The van der Waals surface area contributed by atoms with Crippen molar-refractivity contribution in [2.45, 2.75) is 90.1 Å². The summed E-state index contributed by atoms with van der Waals surface area (Å²) in [6.07, 6.45) is 0.603. The normalized spacial score (nSPS) is 17.1. The Kier molecular flexibility index (Phi) is 11.3. The monoisotopic (exact) mass is 619 g/mol. The minimum absolute atomic E-state index is 0.0793. The molecule has 9 nitrogen and oxygen atoms in total. The highest BCUT2D eigenvalue weighted by molar-refractivity contribution is 6.42. The lowest BCUT2D eigenvalue weighted by molar-refractivity contribution is -0.155. The number of nitrogens with one attached hydrogen (secondary N) is 2. The van der Waals surface area contributed by atoms with E-state index in [9.17, 15) is 19.2 Å². The summed E-state index contributed by atoms with van der Waals surface area (Å²) in [5.41, 5.74) is -0.648. The topological polar surface area (TPSA) is 114 Å². The molecule has 0 radical (unpaired) electrons. The number of hydrogen-bond acceptors (Lipinski definition) is 6. The van der Waals surface area contributed by atoms with Crippen molar-refractivity contribution in [2.75, 3.05) is 6.54 Å². The van der Waals surface area contributed by atoms with Crippen LogP contribution in [-0.4, -0.2) is 58.5 Å². The van der Waals surface area contributed by atoms with Crippen LogP contribution in [0.2, 0.25) is 10.0 Å². The van der Waals surface area contributed by atoms with Gasteiger partial charge in [0.15, 0.2) is 0 Å². The summed E-state index contributed by atoms with van der Waals surface area (Å²) in [5.74, 6) is -1.52. The first-order valence-corrected chi connectivity index (χ1v) is 14.7. The number of likely N-dealkylation sites (tertiary alicyclic amines) is 1. The Bertz CT molecular complexity index is 1280. The van der Waals surface area contributed by atoms with Gasteiger partial charge in [-0.05, 0) is 70.2 Å². The standard InChI is InChI=1S/C31H39Cl2N3O6/c1-6-31(5,35-29(40)42-30(2,3)4)28(39)34-24(18-21-14-15-22(32)23(33)17-21)26(37)36-16-10-13-25(36)27(38)41-19-20-11-8-7-9-12-20/h7-9,11-12,14-15,17,24-25H,6,10,13,16,18-19H2,1-5H3,(H,34,39)(H,35,40)/t24?,25-,31+/m1/s1. The molecule has 3 rings (SSSR count). The maximum atomic E-state index is 14.0. The van der Waals surface area contributed by atoms with E-state index in [-0.39, 0.29) is 19.4 Å². The van der Waals surface area contributed by atoms with E-state index in [4.69, 9.17) is 32.7 Å². The Morgan fingerprint density at radius 1 is 1.00 bits per heavy atom. The van der Waals surface area contributed by atoms with Crippen molar-refractivity contribution in [1.29, 1.82) is 0 Å². The van der Waals surface area contributed by atoms with Gasteiger partial charge in [0.05, 0.1) is 10.0 Å². The summed E-state index contributed by atoms with van der Waals surface area (Å²) in [5, 5.41) is 6.13. The fourth-order valence-corrected chi connectivity index (χ4v) is 4.88. The highest BCUT2D eigenvalue weighted by Gasteiger charge is 2.41. The zero-order valence-corrected chi connectivity index (χ0v) is 26.2. The Labute approximate surface area is 257 Å². The van der Waals surface area contributed by atoms with E-state index in [0.29, 0.717) is 35.0 Å². The maximum Gasteiger partial charge on any atom is 0.408 e. The minimum atomic E-state index is -1.38. The van der Waals surface area contributed by atoms with Gasteiger partial charge in [0.1, 0.15) is 29.8 Å². The largest absolute Gasteiger partial charge is 0.459 e. The molecule has 1 fully saturated rings. The predicted octanol–water partition coefficient (Wildman–Crippen LogP) is 5.45. The predicted molar refractivity (Wildman–Crippen MR) is 161 cm³/mol. The first-order valence-electron chi connectivity index (χ1n) is 14.0. The summed E-state index contributed by atoms with van der Waals surface area (Å²) in [4.78, 5) is 54.7. The fraction of sp³-hybridized carbons (Fsp3) is 0.484. The molecule has 228 valence electrons. The Hall–Kier alpha value is -3.30. The molecule has 0 saturated carbocycles. The van der Waals surface area contributed by atoms with Crippen molar-refractivity contribution in [2.24, 2.45) is 0 Å². The van der Waals surface area contributed by atoms with E-state index < -0.39 is 47.1 Å². The van der Waals surface area contributed by atoms with E-state index in [1.165, 1.54) is 4.90 Å². The van der Waals surface area contributed by atoms with Crippen molar-refractivity contribution >= 4 is 47.1 Å². The van der Waals surface area contributed by atoms with Gasteiger partial charge >= 0.3 is 12.1 Å². The number of halogens is 2. The third-order valence-electron chi connectivity index (χ3n) is 7.04. The molecule has 1 unspecified atom stereocenters. The summed E-state index contributed by atoms with van der Waals surface area (Å²) in [6, 6.07) is 12.4. The molecular formula is C31H39Cl2N3O6. The van der Waals surface area contributed by atoms with Crippen LogP contribution in [-0.2, 0) is 36.9 Å². The van der Waals surface area contributed by atoms with E-state index in [1.807, 2.05) is 30.3 Å². The van der Waals surface area contributed by atoms with Crippen LogP contribution in [0.15, 0.2) is 48.5 Å². The lowest BCUT2D eigenvalue weighted by Gasteiger charge is -2.33. The molecule has 2 aromatic rings. The number of ether oxygens (including phenoxy) is 2. The number of rotatable bonds is 10. The van der Waals surface area contributed by atoms with Crippen molar-refractivity contribution < 1.29 is 28.7 Å². The highest BCUT2D eigenvalue weighted by atomic mass is 35.5. The maximum absolute atomic E-state index is 14.0. The van der Waals surface area contributed by atoms with E-state index >= 15 is 0 Å². The number of nitrogens with zero attached hydrogens (tertiary/aromatic N) is 1. The molecule has 1 heterocycles. The highest BCUT2D eigenvalue weighted by Crippen LogP contribution is 2.25. The first kappa shape index (κ1) is 33.2. The number of carbonyl (C=O) groups excluding carboxylic acids is 4. The van der Waals surface area contributed by atoms with Gasteiger partial charge in [0.2, 0.25) is 11.8 Å². The molecule has 1 aliphatic heterocycles. The van der Waals surface area contributed by atoms with Gasteiger partial charge < -0.3 is 25.0 Å². The minimum Gasteiger partial charge on any atom is -0.459 e. The lowest BCUT2D eigenvalue weighted by Crippen LogP contribution is -2.61. The summed E-state index contributed by atoms with van der Waals surface area (Å²) in [7, 11) is 0. The van der Waals surface area contributed by atoms with Crippen LogP contribution in [0, 0.1) is 0 Å². The van der Waals surface area contributed by atoms with Gasteiger partial charge in [0, 0.05) is 13.0 Å². The zero-order valence-electron chi connectivity index (χ0n) is 24.7. The van der Waals surface area contributed by atoms with E-state index in [2.05, 4.69) is 10.6 Å². The number of alkyl carbamates (subject to hydrolysis) is 1. The molecule has 1 aliphatic rings. The summed E-state index contributed by atoms with van der Waals surface area (Å²) in [6.45, 7) is 8.89. The number of carbonyl (C=O) groups is 4. The molecule has 0 aromatic heterocycles. The number of esters is 1. The molecule has 2 N–H and O–H groups in total. The average molecular weight is 621 g/mol. The molecule has 2 aromatic carbocycles. The van der Waals surface area contributed by atoms with Gasteiger partial charge in [-0.1, -0.05) is 66.5 Å². The second-order valence-corrected chi connectivity index (χ2v) is 12.4. The Balaban J connectivity index is 1.82. The van der Waals surface area contributed by atoms with Crippen LogP contribution in [0.1, 0.15) is 65.0 Å². The fourth-order valence-electron chi connectivity index (χ4n) is 4.56. The van der Waals surface area contributed by atoms with E-state index in [1.54, 1.807) is 52.8 Å². The molecule has 11 heteroatoms. The summed E-state index contributed by atoms with van der Waals surface area (Å²) < 4.78 is 10.9. The van der Waals surface area contributed by atoms with Crippen molar-refractivity contribution in [3.63, 3.8) is 0 Å². The van der Waals surface area contributed by atoms with Crippen molar-refractivity contribution in [3.05, 3.63) is 69.7 Å². The van der Waals surface area contributed by atoms with Gasteiger partial charge in [0.25, 0.3) is 0 Å². The molecule has 1 saturated heterocycles. The molecule has 0 aliphatic carbocycles. The average Bonchev–Trinajstić information content (AvgIpc) is 3.42. The third-order valence-corrected chi connectivity index (χ3v) is 7.78. The van der Waals surface area contributed by atoms with Gasteiger partial charge in [-0.25, -0.2) is 9.59 Å². The summed E-state index contributed by atoms with van der Waals surface area (Å²) >= 11 is 12.3.